The van der Waals surface area contributed by atoms with E-state index in [9.17, 15) is 4.79 Å². The molecule has 0 aliphatic carbocycles. The molecule has 0 saturated heterocycles. The van der Waals surface area contributed by atoms with Gasteiger partial charge in [0.15, 0.2) is 0 Å². The first kappa shape index (κ1) is 16.7. The summed E-state index contributed by atoms with van der Waals surface area (Å²) in [7, 11) is 0. The lowest BCUT2D eigenvalue weighted by Gasteiger charge is -2.06. The quantitative estimate of drug-likeness (QED) is 0.479. The Hall–Kier alpha value is -3.14. The Kier molecular flexibility index (Phi) is 5.09. The van der Waals surface area contributed by atoms with Crippen molar-refractivity contribution in [1.29, 1.82) is 0 Å². The van der Waals surface area contributed by atoms with Crippen molar-refractivity contribution in [2.75, 3.05) is 0 Å². The van der Waals surface area contributed by atoms with Gasteiger partial charge < -0.3 is 9.15 Å². The predicted molar refractivity (Wildman–Crippen MR) is 97.2 cm³/mol. The van der Waals surface area contributed by atoms with Gasteiger partial charge in [-0.3, -0.25) is 4.79 Å². The lowest BCUT2D eigenvalue weighted by molar-refractivity contribution is -0.104. The first-order chi connectivity index (χ1) is 12.2. The van der Waals surface area contributed by atoms with Crippen molar-refractivity contribution in [3.63, 3.8) is 0 Å². The van der Waals surface area contributed by atoms with Crippen LogP contribution in [0.15, 0.2) is 65.1 Å². The van der Waals surface area contributed by atoms with Crippen LogP contribution in [0, 0.1) is 6.92 Å². The van der Waals surface area contributed by atoms with Crippen molar-refractivity contribution in [3.05, 3.63) is 77.7 Å². The highest BCUT2D eigenvalue weighted by Crippen LogP contribution is 2.23. The summed E-state index contributed by atoms with van der Waals surface area (Å²) < 4.78 is 11.5. The zero-order valence-electron chi connectivity index (χ0n) is 14.2. The van der Waals surface area contributed by atoms with Crippen molar-refractivity contribution in [2.45, 2.75) is 20.5 Å². The number of hydrogen-bond donors (Lipinski definition) is 0. The molecule has 0 saturated carbocycles. The van der Waals surface area contributed by atoms with E-state index in [4.69, 9.17) is 9.15 Å². The van der Waals surface area contributed by atoms with Gasteiger partial charge in [0.1, 0.15) is 30.1 Å². The number of nitrogens with zero attached hydrogens (tertiary/aromatic N) is 1. The first-order valence-electron chi connectivity index (χ1n) is 8.04. The highest BCUT2D eigenvalue weighted by molar-refractivity contribution is 5.80. The number of rotatable bonds is 6. The number of carbonyl (C=O) groups is 1. The van der Waals surface area contributed by atoms with E-state index >= 15 is 0 Å². The summed E-state index contributed by atoms with van der Waals surface area (Å²) in [5, 5.41) is 0. The molecule has 1 heterocycles. The Labute approximate surface area is 146 Å². The molecule has 0 aliphatic heterocycles. The van der Waals surface area contributed by atoms with E-state index in [0.717, 1.165) is 40.2 Å². The average Bonchev–Trinajstić information content (AvgIpc) is 3.02. The van der Waals surface area contributed by atoms with Crippen LogP contribution in [0.2, 0.25) is 0 Å². The number of oxazole rings is 1. The Balaban J connectivity index is 1.69. The Morgan fingerprint density at radius 1 is 1.12 bits per heavy atom. The van der Waals surface area contributed by atoms with Crippen LogP contribution in [0.5, 0.6) is 5.75 Å². The zero-order valence-corrected chi connectivity index (χ0v) is 14.2. The van der Waals surface area contributed by atoms with E-state index in [-0.39, 0.29) is 0 Å². The van der Waals surface area contributed by atoms with Gasteiger partial charge in [-0.1, -0.05) is 30.3 Å². The number of aryl methyl sites for hydroxylation is 1. The van der Waals surface area contributed by atoms with Gasteiger partial charge in [0.25, 0.3) is 0 Å². The standard InChI is InChI=1S/C21H19NO3/c1-15(12-13-23)17-8-10-19(11-9-17)24-14-20-16(2)25-21(22-20)18-6-4-3-5-7-18/h3-13H,14H2,1-2H3. The van der Waals surface area contributed by atoms with Crippen LogP contribution < -0.4 is 4.74 Å². The first-order valence-corrected chi connectivity index (χ1v) is 8.04. The summed E-state index contributed by atoms with van der Waals surface area (Å²) in [5.74, 6) is 2.09. The Morgan fingerprint density at radius 2 is 1.84 bits per heavy atom. The fourth-order valence-electron chi connectivity index (χ4n) is 2.43. The molecule has 2 aromatic carbocycles. The molecule has 0 bridgehead atoms. The minimum atomic E-state index is 0.338. The summed E-state index contributed by atoms with van der Waals surface area (Å²) in [6, 6.07) is 17.4. The molecule has 0 amide bonds. The van der Waals surface area contributed by atoms with Gasteiger partial charge in [-0.05, 0) is 55.3 Å². The second kappa shape index (κ2) is 7.62. The van der Waals surface area contributed by atoms with Crippen LogP contribution >= 0.6 is 0 Å². The predicted octanol–water partition coefficient (Wildman–Crippen LogP) is 4.83. The molecule has 0 radical (unpaired) electrons. The Bertz CT molecular complexity index is 877. The molecule has 126 valence electrons. The molecule has 1 aromatic heterocycles. The number of aromatic nitrogens is 1. The number of allylic oxidation sites excluding steroid dienone is 2. The minimum absolute atomic E-state index is 0.338. The van der Waals surface area contributed by atoms with E-state index in [2.05, 4.69) is 4.98 Å². The molecule has 0 unspecified atom stereocenters. The smallest absolute Gasteiger partial charge is 0.226 e. The highest BCUT2D eigenvalue weighted by atomic mass is 16.5. The molecular weight excluding hydrogens is 314 g/mol. The maximum absolute atomic E-state index is 10.5. The molecular formula is C21H19NO3. The number of benzene rings is 2. The van der Waals surface area contributed by atoms with Crippen LogP contribution in [0.3, 0.4) is 0 Å². The van der Waals surface area contributed by atoms with Gasteiger partial charge in [-0.15, -0.1) is 0 Å². The minimum Gasteiger partial charge on any atom is -0.487 e. The van der Waals surface area contributed by atoms with Gasteiger partial charge in [-0.25, -0.2) is 4.98 Å². The van der Waals surface area contributed by atoms with Gasteiger partial charge >= 0.3 is 0 Å². The van der Waals surface area contributed by atoms with Gasteiger partial charge in [0, 0.05) is 5.56 Å². The third-order valence-electron chi connectivity index (χ3n) is 3.92. The van der Waals surface area contributed by atoms with Crippen LogP contribution in [-0.2, 0) is 11.4 Å². The van der Waals surface area contributed by atoms with Crippen LogP contribution in [-0.4, -0.2) is 11.3 Å². The van der Waals surface area contributed by atoms with Gasteiger partial charge in [0.05, 0.1) is 0 Å². The highest BCUT2D eigenvalue weighted by Gasteiger charge is 2.11. The lowest BCUT2D eigenvalue weighted by atomic mass is 10.1. The van der Waals surface area contributed by atoms with Crippen molar-refractivity contribution in [2.24, 2.45) is 0 Å². The van der Waals surface area contributed by atoms with Crippen LogP contribution in [0.1, 0.15) is 23.9 Å². The summed E-state index contributed by atoms with van der Waals surface area (Å²) in [4.78, 5) is 15.1. The molecule has 0 aliphatic rings. The van der Waals surface area contributed by atoms with Crippen molar-refractivity contribution in [1.82, 2.24) is 4.98 Å². The van der Waals surface area contributed by atoms with Gasteiger partial charge in [0.2, 0.25) is 5.89 Å². The Morgan fingerprint density at radius 3 is 2.52 bits per heavy atom. The maximum atomic E-state index is 10.5. The van der Waals surface area contributed by atoms with E-state index in [1.54, 1.807) is 6.08 Å². The third-order valence-corrected chi connectivity index (χ3v) is 3.92. The van der Waals surface area contributed by atoms with Gasteiger partial charge in [-0.2, -0.15) is 0 Å². The monoisotopic (exact) mass is 333 g/mol. The number of aldehydes is 1. The largest absolute Gasteiger partial charge is 0.487 e. The second-order valence-corrected chi connectivity index (χ2v) is 5.69. The normalized spacial score (nSPS) is 11.4. The maximum Gasteiger partial charge on any atom is 0.226 e. The SMILES string of the molecule is CC(=CC=O)c1ccc(OCc2nc(-c3ccccc3)oc2C)cc1. The molecule has 0 N–H and O–H groups in total. The fraction of sp³-hybridized carbons (Fsp3) is 0.143. The molecule has 0 spiro atoms. The van der Waals surface area contributed by atoms with E-state index in [1.807, 2.05) is 68.4 Å². The second-order valence-electron chi connectivity index (χ2n) is 5.69. The van der Waals surface area contributed by atoms with E-state index in [1.165, 1.54) is 0 Å². The lowest BCUT2D eigenvalue weighted by Crippen LogP contribution is -1.97. The van der Waals surface area contributed by atoms with E-state index < -0.39 is 0 Å². The van der Waals surface area contributed by atoms with Crippen LogP contribution in [0.4, 0.5) is 0 Å². The summed E-state index contributed by atoms with van der Waals surface area (Å²) in [5.41, 5.74) is 3.63. The summed E-state index contributed by atoms with van der Waals surface area (Å²) >= 11 is 0. The summed E-state index contributed by atoms with van der Waals surface area (Å²) in [6.45, 7) is 4.12. The number of hydrogen-bond acceptors (Lipinski definition) is 4. The van der Waals surface area contributed by atoms with Crippen LogP contribution in [0.25, 0.3) is 17.0 Å². The van der Waals surface area contributed by atoms with Crippen molar-refractivity contribution in [3.8, 4) is 17.2 Å². The molecule has 0 atom stereocenters. The molecule has 4 heteroatoms. The molecule has 4 nitrogen and oxygen atoms in total. The van der Waals surface area contributed by atoms with Crippen molar-refractivity contribution >= 4 is 11.9 Å². The topological polar surface area (TPSA) is 52.3 Å². The molecule has 0 fully saturated rings. The van der Waals surface area contributed by atoms with Crippen molar-refractivity contribution < 1.29 is 13.9 Å². The molecule has 25 heavy (non-hydrogen) atoms. The third kappa shape index (κ3) is 4.04. The molecule has 3 rings (SSSR count). The average molecular weight is 333 g/mol. The zero-order chi connectivity index (χ0) is 17.6. The molecule has 3 aromatic rings. The van der Waals surface area contributed by atoms with E-state index in [0.29, 0.717) is 12.5 Å². The fourth-order valence-corrected chi connectivity index (χ4v) is 2.43. The summed E-state index contributed by atoms with van der Waals surface area (Å²) in [6.07, 6.45) is 2.33. The number of carbonyl (C=O) groups excluding carboxylic acids is 1. The number of ether oxygens (including phenoxy) is 1.